The summed E-state index contributed by atoms with van der Waals surface area (Å²) in [5, 5.41) is 20.7. The summed E-state index contributed by atoms with van der Waals surface area (Å²) in [7, 11) is 0. The van der Waals surface area contributed by atoms with Crippen LogP contribution in [-0.2, 0) is 0 Å². The molecule has 0 saturated carbocycles. The third kappa shape index (κ3) is 3.17. The van der Waals surface area contributed by atoms with E-state index in [9.17, 15) is 4.79 Å². The third-order valence-corrected chi connectivity index (χ3v) is 5.06. The first-order chi connectivity index (χ1) is 12.2. The van der Waals surface area contributed by atoms with E-state index in [4.69, 9.17) is 5.14 Å². The van der Waals surface area contributed by atoms with Gasteiger partial charge in [0, 0.05) is 26.9 Å². The Morgan fingerprint density at radius 3 is 2.92 bits per heavy atom. The van der Waals surface area contributed by atoms with Gasteiger partial charge in [0.1, 0.15) is 5.69 Å². The number of carbonyl (C=O) groups excluding carboxylic acids is 1. The van der Waals surface area contributed by atoms with E-state index in [1.807, 2.05) is 53.2 Å². The van der Waals surface area contributed by atoms with Gasteiger partial charge in [0.15, 0.2) is 0 Å². The molecule has 0 saturated heterocycles. The molecule has 2 aromatic heterocycles. The van der Waals surface area contributed by atoms with Gasteiger partial charge in [-0.3, -0.25) is 15.0 Å². The largest absolute Gasteiger partial charge is 0.322 e. The minimum atomic E-state index is -0.118. The van der Waals surface area contributed by atoms with Crippen LogP contribution in [-0.4, -0.2) is 16.1 Å². The van der Waals surface area contributed by atoms with E-state index >= 15 is 0 Å². The number of carbonyl (C=O) groups is 1. The van der Waals surface area contributed by atoms with Gasteiger partial charge in [-0.25, -0.2) is 0 Å². The number of benzene rings is 2. The zero-order chi connectivity index (χ0) is 17.2. The Morgan fingerprint density at radius 2 is 2.12 bits per heavy atom. The van der Waals surface area contributed by atoms with Crippen LogP contribution in [0.25, 0.3) is 22.2 Å². The second-order valence-corrected chi connectivity index (χ2v) is 6.93. The quantitative estimate of drug-likeness (QED) is 0.464. The number of aromatic amines is 1. The highest BCUT2D eigenvalue weighted by Crippen LogP contribution is 2.30. The molecule has 4 rings (SSSR count). The van der Waals surface area contributed by atoms with Gasteiger partial charge in [0.25, 0.3) is 5.91 Å². The van der Waals surface area contributed by atoms with Crippen LogP contribution in [0.3, 0.4) is 0 Å². The maximum atomic E-state index is 12.2. The molecule has 0 spiro atoms. The zero-order valence-electron chi connectivity index (χ0n) is 13.0. The number of anilines is 1. The van der Waals surface area contributed by atoms with E-state index < -0.39 is 0 Å². The van der Waals surface area contributed by atoms with Crippen molar-refractivity contribution >= 4 is 45.8 Å². The van der Waals surface area contributed by atoms with Crippen LogP contribution >= 0.6 is 23.3 Å². The summed E-state index contributed by atoms with van der Waals surface area (Å²) in [5.41, 5.74) is 4.11. The molecule has 25 heavy (non-hydrogen) atoms. The number of nitrogens with one attached hydrogen (secondary N) is 2. The lowest BCUT2D eigenvalue weighted by Gasteiger charge is -2.05. The second kappa shape index (κ2) is 6.72. The van der Waals surface area contributed by atoms with Crippen LogP contribution < -0.4 is 10.5 Å². The summed E-state index contributed by atoms with van der Waals surface area (Å²) >= 11 is 2.70. The van der Waals surface area contributed by atoms with Crippen LogP contribution in [0.4, 0.5) is 5.69 Å². The third-order valence-electron chi connectivity index (χ3n) is 3.85. The smallest absolute Gasteiger partial charge is 0.256 e. The van der Waals surface area contributed by atoms with Crippen molar-refractivity contribution in [1.29, 1.82) is 0 Å². The van der Waals surface area contributed by atoms with Gasteiger partial charge in [0.05, 0.1) is 11.1 Å². The molecule has 0 fully saturated rings. The molecule has 0 radical (unpaired) electrons. The molecule has 124 valence electrons. The number of nitrogens with two attached hydrogens (primary N) is 1. The summed E-state index contributed by atoms with van der Waals surface area (Å²) in [6, 6.07) is 15.4. The van der Waals surface area contributed by atoms with Gasteiger partial charge in [-0.1, -0.05) is 12.1 Å². The molecule has 4 N–H and O–H groups in total. The lowest BCUT2D eigenvalue weighted by molar-refractivity contribution is 0.102. The Kier molecular flexibility index (Phi) is 4.27. The van der Waals surface area contributed by atoms with Crippen molar-refractivity contribution in [2.75, 3.05) is 5.32 Å². The Morgan fingerprint density at radius 1 is 1.20 bits per heavy atom. The lowest BCUT2D eigenvalue weighted by Crippen LogP contribution is -2.10. The average Bonchev–Trinajstić information content (AvgIpc) is 3.31. The molecule has 0 aliphatic rings. The van der Waals surface area contributed by atoms with Gasteiger partial charge >= 0.3 is 0 Å². The van der Waals surface area contributed by atoms with E-state index in [1.165, 1.54) is 23.3 Å². The van der Waals surface area contributed by atoms with E-state index in [-0.39, 0.29) is 5.91 Å². The SMILES string of the molecule is NSc1cccc(-c2n[nH]c3ccc(NC(=O)c4ccsc4)cc23)c1. The molecule has 7 heteroatoms. The molecule has 2 heterocycles. The standard InChI is InChI=1S/C18H14N4OS2/c19-25-14-3-1-2-11(8-14)17-15-9-13(4-5-16(15)21-22-17)20-18(23)12-6-7-24-10-12/h1-10H,19H2,(H,20,23)(H,21,22). The Labute approximate surface area is 152 Å². The van der Waals surface area contributed by atoms with Crippen molar-refractivity contribution in [2.24, 2.45) is 5.14 Å². The van der Waals surface area contributed by atoms with Crippen LogP contribution in [0, 0.1) is 0 Å². The fourth-order valence-corrected chi connectivity index (χ4v) is 3.61. The number of fused-ring (bicyclic) bond motifs is 1. The molecule has 5 nitrogen and oxygen atoms in total. The topological polar surface area (TPSA) is 83.8 Å². The second-order valence-electron chi connectivity index (χ2n) is 5.44. The Hall–Kier alpha value is -2.61. The predicted molar refractivity (Wildman–Crippen MR) is 104 cm³/mol. The summed E-state index contributed by atoms with van der Waals surface area (Å²) < 4.78 is 0. The van der Waals surface area contributed by atoms with Gasteiger partial charge in [-0.15, -0.1) is 0 Å². The molecule has 0 bridgehead atoms. The van der Waals surface area contributed by atoms with Crippen molar-refractivity contribution in [2.45, 2.75) is 4.90 Å². The number of hydrogen-bond donors (Lipinski definition) is 3. The lowest BCUT2D eigenvalue weighted by atomic mass is 10.1. The molecule has 0 atom stereocenters. The summed E-state index contributed by atoms with van der Waals surface area (Å²) in [6.07, 6.45) is 0. The highest BCUT2D eigenvalue weighted by Gasteiger charge is 2.11. The van der Waals surface area contributed by atoms with Crippen LogP contribution in [0.1, 0.15) is 10.4 Å². The number of amides is 1. The zero-order valence-corrected chi connectivity index (χ0v) is 14.7. The fraction of sp³-hybridized carbons (Fsp3) is 0. The number of rotatable bonds is 4. The number of hydrogen-bond acceptors (Lipinski definition) is 5. The van der Waals surface area contributed by atoms with E-state index in [2.05, 4.69) is 15.5 Å². The number of nitrogens with zero attached hydrogens (tertiary/aromatic N) is 1. The molecule has 0 aliphatic carbocycles. The maximum absolute atomic E-state index is 12.2. The van der Waals surface area contributed by atoms with Crippen molar-refractivity contribution in [1.82, 2.24) is 10.2 Å². The van der Waals surface area contributed by atoms with E-state index in [0.29, 0.717) is 5.56 Å². The molecule has 2 aromatic carbocycles. The number of aromatic nitrogens is 2. The Bertz CT molecular complexity index is 1040. The van der Waals surface area contributed by atoms with Crippen LogP contribution in [0.2, 0.25) is 0 Å². The van der Waals surface area contributed by atoms with Crippen LogP contribution in [0.5, 0.6) is 0 Å². The van der Waals surface area contributed by atoms with Crippen molar-refractivity contribution in [3.8, 4) is 11.3 Å². The van der Waals surface area contributed by atoms with Gasteiger partial charge in [-0.2, -0.15) is 16.4 Å². The van der Waals surface area contributed by atoms with Gasteiger partial charge < -0.3 is 5.32 Å². The first-order valence-corrected chi connectivity index (χ1v) is 9.36. The molecular formula is C18H14N4OS2. The summed E-state index contributed by atoms with van der Waals surface area (Å²) in [6.45, 7) is 0. The first-order valence-electron chi connectivity index (χ1n) is 7.53. The number of thiophene rings is 1. The summed E-state index contributed by atoms with van der Waals surface area (Å²) in [4.78, 5) is 13.2. The average molecular weight is 366 g/mol. The fourth-order valence-electron chi connectivity index (χ4n) is 2.63. The minimum Gasteiger partial charge on any atom is -0.322 e. The van der Waals surface area contributed by atoms with E-state index in [1.54, 1.807) is 6.07 Å². The highest BCUT2D eigenvalue weighted by molar-refractivity contribution is 7.97. The van der Waals surface area contributed by atoms with Crippen molar-refractivity contribution in [3.05, 3.63) is 64.9 Å². The molecule has 0 unspecified atom stereocenters. The first kappa shape index (κ1) is 15.9. The van der Waals surface area contributed by atoms with Crippen LogP contribution in [0.15, 0.2) is 64.2 Å². The maximum Gasteiger partial charge on any atom is 0.256 e. The molecular weight excluding hydrogens is 352 g/mol. The molecule has 0 aliphatic heterocycles. The Balaban J connectivity index is 1.71. The van der Waals surface area contributed by atoms with Gasteiger partial charge in [0.2, 0.25) is 0 Å². The highest BCUT2D eigenvalue weighted by atomic mass is 32.2. The number of H-pyrrole nitrogens is 1. The normalized spacial score (nSPS) is 10.9. The molecule has 4 aromatic rings. The predicted octanol–water partition coefficient (Wildman–Crippen LogP) is 4.51. The van der Waals surface area contributed by atoms with Crippen molar-refractivity contribution < 1.29 is 4.79 Å². The van der Waals surface area contributed by atoms with E-state index in [0.717, 1.165) is 32.7 Å². The minimum absolute atomic E-state index is 0.118. The molecule has 1 amide bonds. The summed E-state index contributed by atoms with van der Waals surface area (Å²) in [5.74, 6) is -0.118. The van der Waals surface area contributed by atoms with Gasteiger partial charge in [-0.05, 0) is 53.7 Å². The monoisotopic (exact) mass is 366 g/mol. The van der Waals surface area contributed by atoms with Crippen molar-refractivity contribution in [3.63, 3.8) is 0 Å².